The van der Waals surface area contributed by atoms with Crippen LogP contribution in [-0.4, -0.2) is 7.28 Å². The van der Waals surface area contributed by atoms with Crippen molar-refractivity contribution >= 4 is 7.28 Å². The third-order valence-electron chi connectivity index (χ3n) is 4.39. The highest BCUT2D eigenvalue weighted by molar-refractivity contribution is 6.35. The number of rotatable bonds is 1. The van der Waals surface area contributed by atoms with Crippen LogP contribution < -0.4 is 0 Å². The minimum atomic E-state index is 0.953. The van der Waals surface area contributed by atoms with Gasteiger partial charge in [0.2, 0.25) is 0 Å². The Labute approximate surface area is 83.7 Å². The molecule has 0 saturated heterocycles. The Morgan fingerprint density at radius 3 is 2.38 bits per heavy atom. The second-order valence-corrected chi connectivity index (χ2v) is 5.34. The molecule has 13 heavy (non-hydrogen) atoms. The lowest BCUT2D eigenvalue weighted by Crippen LogP contribution is -2.29. The van der Waals surface area contributed by atoms with Crippen molar-refractivity contribution in [2.75, 3.05) is 0 Å². The number of hydrogen-bond donors (Lipinski definition) is 0. The van der Waals surface area contributed by atoms with Gasteiger partial charge in [-0.2, -0.15) is 0 Å². The summed E-state index contributed by atoms with van der Waals surface area (Å²) in [6.45, 7) is 4.69. The third kappa shape index (κ3) is 2.11. The molecule has 0 aromatic heterocycles. The van der Waals surface area contributed by atoms with Crippen molar-refractivity contribution in [1.29, 1.82) is 0 Å². The fourth-order valence-electron chi connectivity index (χ4n) is 3.46. The molecule has 0 spiro atoms. The Kier molecular flexibility index (Phi) is 3.01. The lowest BCUT2D eigenvalue weighted by molar-refractivity contribution is 0.137. The van der Waals surface area contributed by atoms with Gasteiger partial charge < -0.3 is 0 Å². The van der Waals surface area contributed by atoms with Crippen LogP contribution in [0, 0.1) is 17.8 Å². The van der Waals surface area contributed by atoms with Crippen LogP contribution in [0.5, 0.6) is 0 Å². The van der Waals surface area contributed by atoms with Crippen LogP contribution in [0.2, 0.25) is 12.6 Å². The second-order valence-electron chi connectivity index (χ2n) is 5.34. The first-order valence-electron chi connectivity index (χ1n) is 6.09. The molecule has 1 radical (unpaired) electrons. The van der Waals surface area contributed by atoms with E-state index in [1.54, 1.807) is 0 Å². The fraction of sp³-hybridized carbons (Fsp3) is 1.00. The summed E-state index contributed by atoms with van der Waals surface area (Å²) in [5, 5.41) is 0. The summed E-state index contributed by atoms with van der Waals surface area (Å²) in [5.74, 6) is 4.16. The monoisotopic (exact) mass is 177 g/mol. The van der Waals surface area contributed by atoms with Gasteiger partial charge in [-0.25, -0.2) is 0 Å². The van der Waals surface area contributed by atoms with E-state index in [-0.39, 0.29) is 0 Å². The van der Waals surface area contributed by atoms with Crippen molar-refractivity contribution < 1.29 is 0 Å². The first kappa shape index (κ1) is 9.61. The number of hydrogen-bond acceptors (Lipinski definition) is 0. The Morgan fingerprint density at radius 1 is 0.923 bits per heavy atom. The van der Waals surface area contributed by atoms with Crippen LogP contribution in [0.3, 0.4) is 0 Å². The van der Waals surface area contributed by atoms with Crippen LogP contribution in [0.1, 0.15) is 45.4 Å². The van der Waals surface area contributed by atoms with Gasteiger partial charge in [0.15, 0.2) is 0 Å². The fourth-order valence-corrected chi connectivity index (χ4v) is 3.46. The van der Waals surface area contributed by atoms with E-state index >= 15 is 0 Å². The zero-order valence-corrected chi connectivity index (χ0v) is 9.13. The van der Waals surface area contributed by atoms with E-state index in [0.29, 0.717) is 0 Å². The Morgan fingerprint density at radius 2 is 1.62 bits per heavy atom. The summed E-state index contributed by atoms with van der Waals surface area (Å²) in [4.78, 5) is 0. The van der Waals surface area contributed by atoms with Crippen LogP contribution >= 0.6 is 0 Å². The van der Waals surface area contributed by atoms with Crippen LogP contribution in [0.25, 0.3) is 0 Å². The van der Waals surface area contributed by atoms with Crippen molar-refractivity contribution in [3.63, 3.8) is 0 Å². The molecule has 2 saturated carbocycles. The Bertz CT molecular complexity index is 167. The van der Waals surface area contributed by atoms with Gasteiger partial charge in [-0.05, 0) is 30.6 Å². The van der Waals surface area contributed by atoms with Crippen molar-refractivity contribution in [1.82, 2.24) is 0 Å². The Hall–Kier alpha value is 0.0649. The largest absolute Gasteiger partial charge is 0.110 e. The summed E-state index contributed by atoms with van der Waals surface area (Å²) in [6.07, 6.45) is 9.05. The van der Waals surface area contributed by atoms with E-state index in [1.807, 2.05) is 0 Å². The van der Waals surface area contributed by atoms with Gasteiger partial charge in [0.25, 0.3) is 0 Å². The van der Waals surface area contributed by atoms with Gasteiger partial charge >= 0.3 is 0 Å². The van der Waals surface area contributed by atoms with Crippen molar-refractivity contribution in [3.8, 4) is 0 Å². The normalized spacial score (nSPS) is 45.4. The SMILES string of the molecule is C[B]C1CCC2CC(C)CCC2C1. The summed E-state index contributed by atoms with van der Waals surface area (Å²) in [6, 6.07) is 0. The molecule has 4 atom stereocenters. The van der Waals surface area contributed by atoms with E-state index in [0.717, 1.165) is 23.6 Å². The van der Waals surface area contributed by atoms with Gasteiger partial charge in [0.05, 0.1) is 0 Å². The molecular weight excluding hydrogens is 155 g/mol. The lowest BCUT2D eigenvalue weighted by atomic mass is 9.54. The molecule has 1 heteroatoms. The lowest BCUT2D eigenvalue weighted by Gasteiger charge is -2.41. The summed E-state index contributed by atoms with van der Waals surface area (Å²) >= 11 is 0. The molecule has 0 amide bonds. The molecule has 0 aromatic rings. The molecule has 0 nitrogen and oxygen atoms in total. The topological polar surface area (TPSA) is 0 Å². The molecule has 2 fully saturated rings. The first-order chi connectivity index (χ1) is 6.29. The molecule has 0 N–H and O–H groups in total. The van der Waals surface area contributed by atoms with Crippen LogP contribution in [0.4, 0.5) is 0 Å². The van der Waals surface area contributed by atoms with Gasteiger partial charge in [0, 0.05) is 0 Å². The Balaban J connectivity index is 1.90. The molecule has 0 heterocycles. The van der Waals surface area contributed by atoms with E-state index < -0.39 is 0 Å². The van der Waals surface area contributed by atoms with E-state index in [1.165, 1.54) is 38.5 Å². The van der Waals surface area contributed by atoms with Crippen LogP contribution in [0.15, 0.2) is 0 Å². The van der Waals surface area contributed by atoms with E-state index in [9.17, 15) is 0 Å². The molecule has 73 valence electrons. The zero-order valence-electron chi connectivity index (χ0n) is 9.13. The van der Waals surface area contributed by atoms with Crippen LogP contribution in [-0.2, 0) is 0 Å². The highest BCUT2D eigenvalue weighted by Crippen LogP contribution is 2.45. The van der Waals surface area contributed by atoms with Gasteiger partial charge in [0.1, 0.15) is 7.28 Å². The van der Waals surface area contributed by atoms with Crippen molar-refractivity contribution in [2.45, 2.75) is 58.1 Å². The highest BCUT2D eigenvalue weighted by atomic mass is 14.4. The predicted octanol–water partition coefficient (Wildman–Crippen LogP) is 3.76. The first-order valence-corrected chi connectivity index (χ1v) is 6.09. The molecule has 0 bridgehead atoms. The van der Waals surface area contributed by atoms with Gasteiger partial charge in [-0.15, -0.1) is 0 Å². The summed E-state index contributed by atoms with van der Waals surface area (Å²) in [5.41, 5.74) is 0. The predicted molar refractivity (Wildman–Crippen MR) is 59.2 cm³/mol. The molecule has 0 aromatic carbocycles. The summed E-state index contributed by atoms with van der Waals surface area (Å²) < 4.78 is 0. The maximum Gasteiger partial charge on any atom is 0.110 e. The minimum absolute atomic E-state index is 0.953. The van der Waals surface area contributed by atoms with E-state index in [2.05, 4.69) is 21.0 Å². The molecular formula is C12H22B. The molecule has 2 aliphatic rings. The second kappa shape index (κ2) is 4.06. The highest BCUT2D eigenvalue weighted by Gasteiger charge is 2.33. The smallest absolute Gasteiger partial charge is 0.0917 e. The van der Waals surface area contributed by atoms with Crippen molar-refractivity contribution in [3.05, 3.63) is 0 Å². The molecule has 0 aliphatic heterocycles. The third-order valence-corrected chi connectivity index (χ3v) is 4.39. The van der Waals surface area contributed by atoms with Crippen molar-refractivity contribution in [2.24, 2.45) is 17.8 Å². The number of fused-ring (bicyclic) bond motifs is 1. The average Bonchev–Trinajstić information content (AvgIpc) is 2.17. The molecule has 2 aliphatic carbocycles. The standard InChI is InChI=1S/C12H22B/c1-9-3-4-11-8-12(13-2)6-5-10(11)7-9/h9-12H,3-8H2,1-2H3. The van der Waals surface area contributed by atoms with E-state index in [4.69, 9.17) is 0 Å². The average molecular weight is 177 g/mol. The minimum Gasteiger partial charge on any atom is -0.0917 e. The summed E-state index contributed by atoms with van der Waals surface area (Å²) in [7, 11) is 2.44. The maximum atomic E-state index is 2.44. The molecule has 2 rings (SSSR count). The quantitative estimate of drug-likeness (QED) is 0.535. The maximum absolute atomic E-state index is 2.44. The van der Waals surface area contributed by atoms with Gasteiger partial charge in [-0.1, -0.05) is 45.2 Å². The zero-order chi connectivity index (χ0) is 9.26. The van der Waals surface area contributed by atoms with Gasteiger partial charge in [-0.3, -0.25) is 0 Å². The molecule has 4 unspecified atom stereocenters.